The highest BCUT2D eigenvalue weighted by Gasteiger charge is 2.40. The third-order valence-electron chi connectivity index (χ3n) is 27.5. The first-order valence-corrected chi connectivity index (χ1v) is 44.9. The number of likely N-dealkylation sites (tertiary alicyclic amines) is 1. The van der Waals surface area contributed by atoms with E-state index in [4.69, 9.17) is 19.9 Å². The smallest absolute Gasteiger partial charge is 0.257 e. The largest absolute Gasteiger partial charge is 0.393 e. The van der Waals surface area contributed by atoms with E-state index in [0.717, 1.165) is 117 Å². The second-order valence-corrected chi connectivity index (χ2v) is 35.7. The van der Waals surface area contributed by atoms with Crippen LogP contribution in [0.1, 0.15) is 155 Å². The van der Waals surface area contributed by atoms with E-state index in [2.05, 4.69) is 125 Å². The van der Waals surface area contributed by atoms with Gasteiger partial charge in [-0.15, -0.1) is 0 Å². The van der Waals surface area contributed by atoms with Crippen LogP contribution in [0.3, 0.4) is 0 Å². The lowest BCUT2D eigenvalue weighted by Crippen LogP contribution is -2.50. The summed E-state index contributed by atoms with van der Waals surface area (Å²) in [6, 6.07) is 23.4. The van der Waals surface area contributed by atoms with E-state index < -0.39 is 24.4 Å². The Kier molecular flexibility index (Phi) is 22.1. The average molecular weight is 1790 g/mol. The summed E-state index contributed by atoms with van der Waals surface area (Å²) in [5, 5.41) is 114. The van der Waals surface area contributed by atoms with E-state index in [-0.39, 0.29) is 84.2 Å². The molecule has 4 amide bonds. The van der Waals surface area contributed by atoms with Crippen LogP contribution in [0.5, 0.6) is 0 Å². The number of nitrogens with zero attached hydrogens (tertiary/aromatic N) is 21. The Bertz CT molecular complexity index is 6320. The number of aliphatic hydroxyl groups is 7. The van der Waals surface area contributed by atoms with Crippen LogP contribution in [0.15, 0.2) is 147 Å². The molecule has 0 bridgehead atoms. The summed E-state index contributed by atoms with van der Waals surface area (Å²) in [5.74, 6) is 1.65. The molecule has 0 spiro atoms. The molecule has 16 aromatic heterocycles. The van der Waals surface area contributed by atoms with Crippen molar-refractivity contribution in [3.8, 4) is 45.0 Å². The van der Waals surface area contributed by atoms with Crippen LogP contribution < -0.4 is 42.5 Å². The number of likely N-dealkylation sites (N-methyl/N-ethyl adjacent to an activating group) is 1. The minimum Gasteiger partial charge on any atom is -0.393 e. The van der Waals surface area contributed by atoms with Gasteiger partial charge >= 0.3 is 0 Å². The average Bonchev–Trinajstić information content (AvgIpc) is 1.61. The molecule has 8 atom stereocenters. The molecule has 1 saturated heterocycles. The Labute approximate surface area is 752 Å². The summed E-state index contributed by atoms with van der Waals surface area (Å²) in [4.78, 5) is 91.8. The van der Waals surface area contributed by atoms with Crippen molar-refractivity contribution in [3.05, 3.63) is 169 Å². The molecule has 0 aromatic carbocycles. The van der Waals surface area contributed by atoms with E-state index in [1.807, 2.05) is 98.6 Å². The Hall–Kier alpha value is -14.0. The summed E-state index contributed by atoms with van der Waals surface area (Å²) in [6.07, 6.45) is 28.6. The topological polar surface area (TPSA) is 501 Å². The maximum atomic E-state index is 12.9. The Morgan fingerprint density at radius 2 is 0.561 bits per heavy atom. The summed E-state index contributed by atoms with van der Waals surface area (Å²) in [6.45, 7) is 1.96. The number of hydrogen-bond acceptors (Lipinski definition) is 28. The van der Waals surface area contributed by atoms with Gasteiger partial charge in [-0.2, -0.15) is 38.5 Å². The number of pyridine rings is 4. The Morgan fingerprint density at radius 3 is 0.758 bits per heavy atom. The van der Waals surface area contributed by atoms with Gasteiger partial charge in [-0.3, -0.25) is 19.2 Å². The minimum absolute atomic E-state index is 0.198. The molecule has 0 radical (unpaired) electrons. The first kappa shape index (κ1) is 84.8. The number of nitrogens with one attached hydrogen (secondary N) is 8. The predicted molar refractivity (Wildman–Crippen MR) is 490 cm³/mol. The van der Waals surface area contributed by atoms with Gasteiger partial charge in [0.2, 0.25) is 0 Å². The monoisotopic (exact) mass is 1790 g/mol. The third-order valence-corrected chi connectivity index (χ3v) is 27.5. The molecule has 8 aliphatic rings. The Balaban J connectivity index is 0.000000106. The number of aliphatic hydroxyl groups excluding tert-OH is 7. The summed E-state index contributed by atoms with van der Waals surface area (Å²) in [7, 11) is 9.32. The Morgan fingerprint density at radius 1 is 0.326 bits per heavy atom. The van der Waals surface area contributed by atoms with E-state index >= 15 is 0 Å². The molecular formula is C92H101N29O11. The van der Waals surface area contributed by atoms with Crippen molar-refractivity contribution in [2.75, 3.05) is 69.6 Å². The quantitative estimate of drug-likeness (QED) is 0.0375. The summed E-state index contributed by atoms with van der Waals surface area (Å²) >= 11 is 0. The first-order chi connectivity index (χ1) is 64.1. The maximum absolute atomic E-state index is 12.9. The number of fused-ring (bicyclic) bond motifs is 8. The lowest BCUT2D eigenvalue weighted by molar-refractivity contribution is 0.0448. The fourth-order valence-corrected chi connectivity index (χ4v) is 18.8. The number of amides is 4. The van der Waals surface area contributed by atoms with Crippen LogP contribution in [0.4, 0.5) is 23.3 Å². The lowest BCUT2D eigenvalue weighted by atomic mass is 9.89. The molecule has 1 aliphatic heterocycles. The molecule has 17 heterocycles. The van der Waals surface area contributed by atoms with Gasteiger partial charge in [0.15, 0.2) is 22.6 Å². The molecule has 7 aliphatic carbocycles. The van der Waals surface area contributed by atoms with Crippen molar-refractivity contribution in [1.29, 1.82) is 0 Å². The molecule has 15 N–H and O–H groups in total. The number of anilines is 4. The van der Waals surface area contributed by atoms with Gasteiger partial charge in [-0.05, 0) is 145 Å². The molecule has 8 fully saturated rings. The SMILES string of the molecule is CNc1cc(-c2cn(C3CC(O)C3)c3ncccc23)nc2c(C(=O)N[C@@H]3CC[C@@H]3O)cnn12.CNc1cc(-c2cn(C3CC(O)C3)c3ncccc23)nc2c(C(=O)N[C@@H]3CC[C@H]3O)cnn12.CNc1cc(-c2cn(C3CC(O)C3)c3ncccc23)nc2c(C(=O)N[C@H]3CC[C@@H]3O)cnn12.CNc1cc(-c2cn(C3CN(C)C3)c3ncccc23)nc2c(C(=O)NC3CC[C@H]3O)cnn12. The summed E-state index contributed by atoms with van der Waals surface area (Å²) in [5.41, 5.74) is 13.2. The van der Waals surface area contributed by atoms with Gasteiger partial charge in [-0.1, -0.05) is 0 Å². The van der Waals surface area contributed by atoms with Gasteiger partial charge in [0.05, 0.1) is 121 Å². The van der Waals surface area contributed by atoms with E-state index in [0.29, 0.717) is 150 Å². The highest BCUT2D eigenvalue weighted by atomic mass is 16.3. The number of carbonyl (C=O) groups is 4. The van der Waals surface area contributed by atoms with E-state index in [1.165, 1.54) is 24.8 Å². The van der Waals surface area contributed by atoms with Crippen molar-refractivity contribution < 1.29 is 54.9 Å². The van der Waals surface area contributed by atoms with Gasteiger partial charge in [0, 0.05) is 177 Å². The number of aromatic nitrogens is 20. The second kappa shape index (κ2) is 34.4. The van der Waals surface area contributed by atoms with Crippen molar-refractivity contribution in [1.82, 2.24) is 123 Å². The highest BCUT2D eigenvalue weighted by Crippen LogP contribution is 2.44. The molecular weight excluding hydrogens is 1690 g/mol. The third kappa shape index (κ3) is 15.2. The predicted octanol–water partition coefficient (Wildman–Crippen LogP) is 6.74. The van der Waals surface area contributed by atoms with Crippen LogP contribution >= 0.6 is 0 Å². The van der Waals surface area contributed by atoms with Crippen molar-refractivity contribution >= 4 is 114 Å². The second-order valence-electron chi connectivity index (χ2n) is 35.7. The maximum Gasteiger partial charge on any atom is 0.257 e. The molecule has 40 nitrogen and oxygen atoms in total. The normalized spacial score (nSPS) is 23.6. The number of carbonyl (C=O) groups excluding carboxylic acids is 4. The lowest BCUT2D eigenvalue weighted by Gasteiger charge is -2.37. The molecule has 24 rings (SSSR count). The molecule has 16 aromatic rings. The zero-order chi connectivity index (χ0) is 90.8. The van der Waals surface area contributed by atoms with Crippen molar-refractivity contribution in [3.63, 3.8) is 0 Å². The van der Waals surface area contributed by atoms with Gasteiger partial charge < -0.3 is 101 Å². The van der Waals surface area contributed by atoms with Crippen LogP contribution in [0, 0.1) is 0 Å². The summed E-state index contributed by atoms with van der Waals surface area (Å²) < 4.78 is 15.0. The fraction of sp³-hybridized carbons (Fsp3) is 0.391. The first-order valence-electron chi connectivity index (χ1n) is 44.9. The van der Waals surface area contributed by atoms with Crippen LogP contribution in [0.25, 0.3) is 112 Å². The van der Waals surface area contributed by atoms with Crippen LogP contribution in [-0.2, 0) is 0 Å². The van der Waals surface area contributed by atoms with Crippen molar-refractivity contribution in [2.24, 2.45) is 0 Å². The minimum atomic E-state index is -0.504. The molecule has 680 valence electrons. The molecule has 132 heavy (non-hydrogen) atoms. The van der Waals surface area contributed by atoms with Crippen LogP contribution in [0.2, 0.25) is 0 Å². The van der Waals surface area contributed by atoms with Gasteiger partial charge in [0.25, 0.3) is 23.6 Å². The zero-order valence-electron chi connectivity index (χ0n) is 73.0. The number of rotatable bonds is 20. The van der Waals surface area contributed by atoms with Gasteiger partial charge in [-0.25, -0.2) is 39.9 Å². The number of hydrogen-bond donors (Lipinski definition) is 15. The standard InChI is InChI=1S/C23H26N8O2.3C23H25N7O3/c1-24-20-8-18(16-12-30(13-10-29(2)11-13)21-14(16)4-3-7-25-21)27-22-15(9-26-31(20)22)23(33)28-17-5-6-19(17)32;3*1-24-20-9-18(16-11-29(12-7-13(31)8-12)21-14(16)3-2-6-25-21)27-22-15(10-26-30(20)22)23(33)28-17-4-5-19(17)32/h3-4,7-9,12-13,17,19,24,32H,5-6,10-11H2,1-2H3,(H,28,33);3*2-3,6,9-13,17,19,24,31-32H,4-5,7-8H2,1H3,(H,28,33)/t17?,19-;12?,13?,17-,19+;2*12?,13?,17-,19-/m1110/s1. The fourth-order valence-electron chi connectivity index (χ4n) is 18.8. The zero-order valence-corrected chi connectivity index (χ0v) is 73.0. The van der Waals surface area contributed by atoms with Gasteiger partial charge in [0.1, 0.15) is 68.1 Å². The van der Waals surface area contributed by atoms with E-state index in [9.17, 15) is 54.9 Å². The molecule has 40 heteroatoms. The highest BCUT2D eigenvalue weighted by molar-refractivity contribution is 6.05. The van der Waals surface area contributed by atoms with E-state index in [1.54, 1.807) is 57.8 Å². The molecule has 7 saturated carbocycles. The van der Waals surface area contributed by atoms with Crippen molar-refractivity contribution in [2.45, 2.75) is 181 Å². The molecule has 1 unspecified atom stereocenters. The van der Waals surface area contributed by atoms with Crippen LogP contribution in [-0.4, -0.2) is 276 Å².